The number of carbonyl (C=O) groups is 1. The first-order valence-electron chi connectivity index (χ1n) is 11.3. The lowest BCUT2D eigenvalue weighted by atomic mass is 10.1. The Hall–Kier alpha value is -1.60. The number of unbranched alkanes of at least 4 members (excludes halogenated alkanes) is 1. The second-order valence-corrected chi connectivity index (χ2v) is 22.4. The van der Waals surface area contributed by atoms with Gasteiger partial charge in [0.15, 0.2) is 28.1 Å². The van der Waals surface area contributed by atoms with Crippen LogP contribution < -0.4 is 14.2 Å². The number of benzene rings is 1. The molecular weight excluding hydrogens is 473 g/mol. The van der Waals surface area contributed by atoms with Crippen molar-refractivity contribution in [1.29, 1.82) is 0 Å². The van der Waals surface area contributed by atoms with E-state index >= 15 is 0 Å². The fourth-order valence-electron chi connectivity index (χ4n) is 3.41. The Morgan fingerprint density at radius 2 is 1.33 bits per heavy atom. The molecule has 1 rings (SSSR count). The molecule has 0 aliphatic rings. The number of rotatable bonds is 13. The molecule has 33 heavy (non-hydrogen) atoms. The van der Waals surface area contributed by atoms with Crippen LogP contribution in [-0.4, -0.2) is 59.1 Å². The Balaban J connectivity index is 3.74. The van der Waals surface area contributed by atoms with Crippen LogP contribution in [0.25, 0.3) is 6.08 Å². The van der Waals surface area contributed by atoms with Crippen molar-refractivity contribution >= 4 is 37.2 Å². The third kappa shape index (κ3) is 9.28. The second-order valence-electron chi connectivity index (χ2n) is 9.88. The van der Waals surface area contributed by atoms with E-state index in [4.69, 9.17) is 27.2 Å². The molecule has 10 heteroatoms. The van der Waals surface area contributed by atoms with Gasteiger partial charge in [-0.05, 0) is 76.0 Å². The summed E-state index contributed by atoms with van der Waals surface area (Å²) in [5.41, 5.74) is 0.712. The SMILES string of the molecule is CCCCOC(=O)C(=Cc1cc(OC)c(OC)c(OC)c1)[Si](C)(O[Si](C)(C)C)O[Si](C)(C)C. The minimum Gasteiger partial charge on any atom is -0.493 e. The molecule has 0 saturated carbocycles. The maximum absolute atomic E-state index is 13.4. The summed E-state index contributed by atoms with van der Waals surface area (Å²) in [5.74, 6) is 1.09. The first-order valence-corrected chi connectivity index (χ1v) is 20.4. The minimum atomic E-state index is -3.14. The van der Waals surface area contributed by atoms with Crippen LogP contribution in [0, 0.1) is 0 Å². The summed E-state index contributed by atoms with van der Waals surface area (Å²) in [7, 11) is -2.59. The zero-order valence-electron chi connectivity index (χ0n) is 22.2. The Labute approximate surface area is 202 Å². The largest absolute Gasteiger partial charge is 0.493 e. The van der Waals surface area contributed by atoms with Crippen LogP contribution in [0.5, 0.6) is 17.2 Å². The van der Waals surface area contributed by atoms with Crippen molar-refractivity contribution < 1.29 is 32.0 Å². The summed E-state index contributed by atoms with van der Waals surface area (Å²) in [6.45, 7) is 17.0. The normalized spacial score (nSPS) is 13.0. The van der Waals surface area contributed by atoms with Gasteiger partial charge in [-0.25, -0.2) is 4.79 Å². The molecule has 0 N–H and O–H groups in total. The summed E-state index contributed by atoms with van der Waals surface area (Å²) in [6.07, 6.45) is 3.53. The highest BCUT2D eigenvalue weighted by Gasteiger charge is 2.47. The Morgan fingerprint density at radius 3 is 1.70 bits per heavy atom. The van der Waals surface area contributed by atoms with Crippen molar-refractivity contribution in [3.63, 3.8) is 0 Å². The van der Waals surface area contributed by atoms with Gasteiger partial charge in [0.1, 0.15) is 0 Å². The lowest BCUT2D eigenvalue weighted by Gasteiger charge is -2.39. The summed E-state index contributed by atoms with van der Waals surface area (Å²) in [5, 5.41) is 0.442. The molecule has 0 fully saturated rings. The highest BCUT2D eigenvalue weighted by Crippen LogP contribution is 2.39. The van der Waals surface area contributed by atoms with Crippen LogP contribution in [0.1, 0.15) is 25.3 Å². The van der Waals surface area contributed by atoms with Crippen LogP contribution in [0.3, 0.4) is 0 Å². The van der Waals surface area contributed by atoms with E-state index in [2.05, 4.69) is 46.2 Å². The molecule has 188 valence electrons. The summed E-state index contributed by atoms with van der Waals surface area (Å²) in [6, 6.07) is 3.61. The van der Waals surface area contributed by atoms with E-state index in [1.807, 2.05) is 6.55 Å². The first-order chi connectivity index (χ1) is 15.2. The van der Waals surface area contributed by atoms with E-state index < -0.39 is 31.2 Å². The fourth-order valence-corrected chi connectivity index (χ4v) is 15.1. The summed E-state index contributed by atoms with van der Waals surface area (Å²) >= 11 is 0. The first kappa shape index (κ1) is 29.4. The summed E-state index contributed by atoms with van der Waals surface area (Å²) < 4.78 is 35.4. The fraction of sp³-hybridized carbons (Fsp3) is 0.609. The average Bonchev–Trinajstić information content (AvgIpc) is 2.68. The molecule has 0 bridgehead atoms. The molecule has 0 atom stereocenters. The molecule has 1 aromatic carbocycles. The molecule has 0 aliphatic heterocycles. The van der Waals surface area contributed by atoms with Crippen LogP contribution in [0.4, 0.5) is 0 Å². The van der Waals surface area contributed by atoms with Gasteiger partial charge in [-0.1, -0.05) is 13.3 Å². The van der Waals surface area contributed by atoms with Crippen molar-refractivity contribution in [3.8, 4) is 17.2 Å². The molecule has 0 unspecified atom stereocenters. The zero-order valence-corrected chi connectivity index (χ0v) is 25.2. The molecule has 0 saturated heterocycles. The van der Waals surface area contributed by atoms with Gasteiger partial charge in [-0.2, -0.15) is 0 Å². The third-order valence-corrected chi connectivity index (χ3v) is 13.8. The van der Waals surface area contributed by atoms with Gasteiger partial charge < -0.3 is 27.2 Å². The monoisotopic (exact) mass is 514 g/mol. The number of methoxy groups -OCH3 is 3. The van der Waals surface area contributed by atoms with Crippen molar-refractivity contribution in [3.05, 3.63) is 22.9 Å². The Bertz CT molecular complexity index is 785. The second kappa shape index (κ2) is 12.2. The lowest BCUT2D eigenvalue weighted by Crippen LogP contribution is -2.55. The molecule has 0 aliphatic carbocycles. The van der Waals surface area contributed by atoms with Crippen molar-refractivity contribution in [2.24, 2.45) is 0 Å². The summed E-state index contributed by atoms with van der Waals surface area (Å²) in [4.78, 5) is 13.4. The Morgan fingerprint density at radius 1 is 0.848 bits per heavy atom. The number of hydrogen-bond donors (Lipinski definition) is 0. The van der Waals surface area contributed by atoms with Gasteiger partial charge >= 0.3 is 14.5 Å². The lowest BCUT2D eigenvalue weighted by molar-refractivity contribution is -0.138. The Kier molecular flexibility index (Phi) is 10.9. The number of esters is 1. The maximum atomic E-state index is 13.4. The predicted molar refractivity (Wildman–Crippen MR) is 140 cm³/mol. The highest BCUT2D eigenvalue weighted by molar-refractivity contribution is 6.93. The maximum Gasteiger partial charge on any atom is 0.356 e. The third-order valence-electron chi connectivity index (χ3n) is 4.44. The van der Waals surface area contributed by atoms with Gasteiger partial charge in [0.2, 0.25) is 5.75 Å². The smallest absolute Gasteiger partial charge is 0.356 e. The molecule has 1 aromatic rings. The molecule has 7 nitrogen and oxygen atoms in total. The van der Waals surface area contributed by atoms with Crippen LogP contribution in [0.15, 0.2) is 17.3 Å². The molecule has 0 heterocycles. The highest BCUT2D eigenvalue weighted by atomic mass is 28.5. The van der Waals surface area contributed by atoms with E-state index in [1.54, 1.807) is 39.5 Å². The van der Waals surface area contributed by atoms with E-state index in [-0.39, 0.29) is 0 Å². The molecule has 0 aromatic heterocycles. The van der Waals surface area contributed by atoms with Crippen LogP contribution in [0.2, 0.25) is 45.8 Å². The van der Waals surface area contributed by atoms with Crippen molar-refractivity contribution in [1.82, 2.24) is 0 Å². The number of hydrogen-bond acceptors (Lipinski definition) is 7. The van der Waals surface area contributed by atoms with Gasteiger partial charge in [0.05, 0.1) is 33.1 Å². The van der Waals surface area contributed by atoms with E-state index in [0.717, 1.165) is 12.8 Å². The van der Waals surface area contributed by atoms with Gasteiger partial charge in [-0.15, -0.1) is 0 Å². The molecule has 0 radical (unpaired) electrons. The van der Waals surface area contributed by atoms with Gasteiger partial charge in [-0.3, -0.25) is 0 Å². The van der Waals surface area contributed by atoms with Gasteiger partial charge in [0, 0.05) is 0 Å². The predicted octanol–water partition coefficient (Wildman–Crippen LogP) is 5.75. The molecule has 0 amide bonds. The van der Waals surface area contributed by atoms with E-state index in [1.165, 1.54) is 0 Å². The minimum absolute atomic E-state index is 0.353. The van der Waals surface area contributed by atoms with E-state index in [0.29, 0.717) is 34.6 Å². The quantitative estimate of drug-likeness (QED) is 0.143. The number of carbonyl (C=O) groups excluding carboxylic acids is 1. The van der Waals surface area contributed by atoms with Crippen LogP contribution >= 0.6 is 0 Å². The van der Waals surface area contributed by atoms with Crippen molar-refractivity contribution in [2.45, 2.75) is 65.6 Å². The topological polar surface area (TPSA) is 72.5 Å². The number of ether oxygens (including phenoxy) is 4. The van der Waals surface area contributed by atoms with Crippen LogP contribution in [-0.2, 0) is 17.8 Å². The van der Waals surface area contributed by atoms with Gasteiger partial charge in [0.25, 0.3) is 0 Å². The average molecular weight is 515 g/mol. The molecule has 0 spiro atoms. The van der Waals surface area contributed by atoms with Crippen molar-refractivity contribution in [2.75, 3.05) is 27.9 Å². The molecular formula is C23H42O7Si3. The van der Waals surface area contributed by atoms with E-state index in [9.17, 15) is 4.79 Å². The standard InChI is InChI=1S/C23H42O7Si3/c1-12-13-14-28-23(24)21(33(11,29-31(5,6)7)30-32(8,9)10)17-18-15-19(25-2)22(27-4)20(16-18)26-3/h15-17H,12-14H2,1-11H3. The zero-order chi connectivity index (χ0) is 25.4.